The average molecular weight is 273 g/mol. The lowest BCUT2D eigenvalue weighted by Crippen LogP contribution is -2.30. The van der Waals surface area contributed by atoms with Gasteiger partial charge in [-0.15, -0.1) is 0 Å². The molecule has 0 aliphatic carbocycles. The molecule has 0 aromatic heterocycles. The lowest BCUT2D eigenvalue weighted by atomic mass is 10.0. The molecule has 1 aromatic rings. The van der Waals surface area contributed by atoms with Crippen LogP contribution in [-0.2, 0) is 11.2 Å². The monoisotopic (exact) mass is 273 g/mol. The van der Waals surface area contributed by atoms with Gasteiger partial charge in [0.15, 0.2) is 0 Å². The first kappa shape index (κ1) is 13.6. The van der Waals surface area contributed by atoms with Crippen molar-refractivity contribution in [3.05, 3.63) is 29.3 Å². The summed E-state index contributed by atoms with van der Waals surface area (Å²) in [6.07, 6.45) is 1.75. The van der Waals surface area contributed by atoms with Crippen molar-refractivity contribution < 1.29 is 4.79 Å². The first-order valence-corrected chi connectivity index (χ1v) is 7.51. The van der Waals surface area contributed by atoms with Crippen LogP contribution < -0.4 is 10.2 Å². The second-order valence-corrected chi connectivity index (χ2v) is 5.83. The number of anilines is 1. The molecule has 0 saturated carbocycles. The van der Waals surface area contributed by atoms with E-state index in [0.29, 0.717) is 12.5 Å². The third-order valence-electron chi connectivity index (χ3n) is 4.59. The molecule has 20 heavy (non-hydrogen) atoms. The summed E-state index contributed by atoms with van der Waals surface area (Å²) in [5.41, 5.74) is 3.58. The molecule has 1 unspecified atom stereocenters. The van der Waals surface area contributed by atoms with Crippen LogP contribution in [0.4, 0.5) is 5.69 Å². The number of likely N-dealkylation sites (N-methyl/N-ethyl adjacent to an activating group) is 1. The maximum atomic E-state index is 11.8. The van der Waals surface area contributed by atoms with Crippen LogP contribution in [0.3, 0.4) is 0 Å². The molecule has 1 aromatic carbocycles. The average Bonchev–Trinajstić information content (AvgIpc) is 2.65. The van der Waals surface area contributed by atoms with Crippen LogP contribution >= 0.6 is 0 Å². The van der Waals surface area contributed by atoms with Crippen LogP contribution in [-0.4, -0.2) is 44.0 Å². The van der Waals surface area contributed by atoms with Crippen molar-refractivity contribution in [2.75, 3.05) is 38.1 Å². The standard InChI is InChI=1S/C16H23N3O/c1-12(19-8-3-6-17-7-9-19)13-4-5-15-14(10-13)11-16(20)18(15)2/h4-5,10,12,17H,3,6-9,11H2,1-2H3. The van der Waals surface area contributed by atoms with Crippen molar-refractivity contribution in [2.45, 2.75) is 25.8 Å². The van der Waals surface area contributed by atoms with Gasteiger partial charge in [-0.1, -0.05) is 12.1 Å². The number of benzene rings is 1. The molecular weight excluding hydrogens is 250 g/mol. The van der Waals surface area contributed by atoms with Crippen molar-refractivity contribution in [1.82, 2.24) is 10.2 Å². The Kier molecular flexibility index (Phi) is 3.76. The molecule has 108 valence electrons. The lowest BCUT2D eigenvalue weighted by Gasteiger charge is -2.28. The number of fused-ring (bicyclic) bond motifs is 1. The van der Waals surface area contributed by atoms with Crippen LogP contribution in [0.25, 0.3) is 0 Å². The summed E-state index contributed by atoms with van der Waals surface area (Å²) in [6.45, 7) is 6.69. The SMILES string of the molecule is CC(c1ccc2c(c1)CC(=O)N2C)N1CCCNCC1. The van der Waals surface area contributed by atoms with Crippen LogP contribution in [0.15, 0.2) is 18.2 Å². The summed E-state index contributed by atoms with van der Waals surface area (Å²) in [7, 11) is 1.86. The Morgan fingerprint density at radius 3 is 2.95 bits per heavy atom. The number of rotatable bonds is 2. The van der Waals surface area contributed by atoms with E-state index in [1.54, 1.807) is 4.90 Å². The number of hydrogen-bond acceptors (Lipinski definition) is 3. The molecule has 1 N–H and O–H groups in total. The van der Waals surface area contributed by atoms with Crippen LogP contribution in [0.1, 0.15) is 30.5 Å². The van der Waals surface area contributed by atoms with Crippen molar-refractivity contribution in [3.63, 3.8) is 0 Å². The van der Waals surface area contributed by atoms with E-state index in [4.69, 9.17) is 0 Å². The highest BCUT2D eigenvalue weighted by atomic mass is 16.2. The van der Waals surface area contributed by atoms with Crippen molar-refractivity contribution >= 4 is 11.6 Å². The number of hydrogen-bond donors (Lipinski definition) is 1. The Hall–Kier alpha value is -1.39. The fourth-order valence-corrected chi connectivity index (χ4v) is 3.21. The van der Waals surface area contributed by atoms with Gasteiger partial charge in [-0.25, -0.2) is 0 Å². The zero-order valence-corrected chi connectivity index (χ0v) is 12.4. The second-order valence-electron chi connectivity index (χ2n) is 5.83. The van der Waals surface area contributed by atoms with E-state index in [1.165, 1.54) is 17.5 Å². The molecule has 2 heterocycles. The number of nitrogens with one attached hydrogen (secondary N) is 1. The van der Waals surface area contributed by atoms with Gasteiger partial charge in [0.2, 0.25) is 5.91 Å². The molecule has 0 spiro atoms. The van der Waals surface area contributed by atoms with Crippen LogP contribution in [0.2, 0.25) is 0 Å². The zero-order chi connectivity index (χ0) is 14.1. The molecule has 1 amide bonds. The first-order valence-electron chi connectivity index (χ1n) is 7.51. The summed E-state index contributed by atoms with van der Waals surface area (Å²) < 4.78 is 0. The largest absolute Gasteiger partial charge is 0.315 e. The van der Waals surface area contributed by atoms with Gasteiger partial charge in [-0.3, -0.25) is 9.69 Å². The van der Waals surface area contributed by atoms with E-state index >= 15 is 0 Å². The van der Waals surface area contributed by atoms with Gasteiger partial charge in [-0.2, -0.15) is 0 Å². The molecule has 0 bridgehead atoms. The first-order chi connectivity index (χ1) is 9.66. The minimum Gasteiger partial charge on any atom is -0.315 e. The zero-order valence-electron chi connectivity index (χ0n) is 12.4. The van der Waals surface area contributed by atoms with Crippen molar-refractivity contribution in [1.29, 1.82) is 0 Å². The fourth-order valence-electron chi connectivity index (χ4n) is 3.21. The summed E-state index contributed by atoms with van der Waals surface area (Å²) >= 11 is 0. The third kappa shape index (κ3) is 2.45. The van der Waals surface area contributed by atoms with Gasteiger partial charge in [-0.05, 0) is 43.6 Å². The molecule has 2 aliphatic rings. The molecule has 4 heteroatoms. The van der Waals surface area contributed by atoms with Crippen LogP contribution in [0, 0.1) is 0 Å². The van der Waals surface area contributed by atoms with Gasteiger partial charge in [0, 0.05) is 31.9 Å². The summed E-state index contributed by atoms with van der Waals surface area (Å²) in [6, 6.07) is 6.92. The topological polar surface area (TPSA) is 35.6 Å². The molecule has 0 radical (unpaired) electrons. The van der Waals surface area contributed by atoms with Crippen LogP contribution in [0.5, 0.6) is 0 Å². The number of carbonyl (C=O) groups excluding carboxylic acids is 1. The Morgan fingerprint density at radius 2 is 2.10 bits per heavy atom. The van der Waals surface area contributed by atoms with Gasteiger partial charge in [0.25, 0.3) is 0 Å². The highest BCUT2D eigenvalue weighted by molar-refractivity contribution is 6.00. The third-order valence-corrected chi connectivity index (χ3v) is 4.59. The van der Waals surface area contributed by atoms with E-state index in [1.807, 2.05) is 7.05 Å². The van der Waals surface area contributed by atoms with Gasteiger partial charge in [0.05, 0.1) is 6.42 Å². The second kappa shape index (κ2) is 5.54. The maximum Gasteiger partial charge on any atom is 0.231 e. The quantitative estimate of drug-likeness (QED) is 0.888. The smallest absolute Gasteiger partial charge is 0.231 e. The molecule has 1 fully saturated rings. The summed E-state index contributed by atoms with van der Waals surface area (Å²) in [5, 5.41) is 3.44. The van der Waals surface area contributed by atoms with E-state index in [2.05, 4.69) is 35.3 Å². The molecule has 2 aliphatic heterocycles. The lowest BCUT2D eigenvalue weighted by molar-refractivity contribution is -0.117. The predicted molar refractivity (Wildman–Crippen MR) is 81.0 cm³/mol. The highest BCUT2D eigenvalue weighted by Crippen LogP contribution is 2.31. The van der Waals surface area contributed by atoms with Crippen molar-refractivity contribution in [3.8, 4) is 0 Å². The minimum atomic E-state index is 0.198. The molecule has 1 saturated heterocycles. The molecule has 1 atom stereocenters. The number of carbonyl (C=O) groups is 1. The molecule has 3 rings (SSSR count). The van der Waals surface area contributed by atoms with Gasteiger partial charge in [0.1, 0.15) is 0 Å². The highest BCUT2D eigenvalue weighted by Gasteiger charge is 2.25. The van der Waals surface area contributed by atoms with E-state index in [0.717, 1.165) is 31.9 Å². The minimum absolute atomic E-state index is 0.198. The Balaban J connectivity index is 1.80. The number of nitrogens with zero attached hydrogens (tertiary/aromatic N) is 2. The Morgan fingerprint density at radius 1 is 1.25 bits per heavy atom. The van der Waals surface area contributed by atoms with Crippen molar-refractivity contribution in [2.24, 2.45) is 0 Å². The summed E-state index contributed by atoms with van der Waals surface area (Å²) in [5.74, 6) is 0.198. The predicted octanol–water partition coefficient (Wildman–Crippen LogP) is 1.56. The Labute approximate surface area is 120 Å². The Bertz CT molecular complexity index is 506. The van der Waals surface area contributed by atoms with Gasteiger partial charge >= 0.3 is 0 Å². The number of amides is 1. The van der Waals surface area contributed by atoms with E-state index in [-0.39, 0.29) is 5.91 Å². The fraction of sp³-hybridized carbons (Fsp3) is 0.562. The molecular formula is C16H23N3O. The van der Waals surface area contributed by atoms with Gasteiger partial charge < -0.3 is 10.2 Å². The van der Waals surface area contributed by atoms with E-state index in [9.17, 15) is 4.79 Å². The van der Waals surface area contributed by atoms with E-state index < -0.39 is 0 Å². The normalized spacial score (nSPS) is 21.7. The molecule has 4 nitrogen and oxygen atoms in total. The maximum absolute atomic E-state index is 11.8. The summed E-state index contributed by atoms with van der Waals surface area (Å²) in [4.78, 5) is 16.1.